The van der Waals surface area contributed by atoms with Crippen molar-refractivity contribution in [3.05, 3.63) is 0 Å². The van der Waals surface area contributed by atoms with Gasteiger partial charge in [0.1, 0.15) is 10.9 Å². The average Bonchev–Trinajstić information content (AvgIpc) is 2.23. The van der Waals surface area contributed by atoms with Crippen molar-refractivity contribution in [3.63, 3.8) is 0 Å². The lowest BCUT2D eigenvalue weighted by atomic mass is 10.2. The van der Waals surface area contributed by atoms with Crippen LogP contribution in [0.3, 0.4) is 0 Å². The predicted octanol–water partition coefficient (Wildman–Crippen LogP) is 2.41. The summed E-state index contributed by atoms with van der Waals surface area (Å²) in [7, 11) is 0. The first kappa shape index (κ1) is 18.8. The summed E-state index contributed by atoms with van der Waals surface area (Å²) in [6.07, 6.45) is 1.18. The number of aliphatic carboxylic acids is 1. The van der Waals surface area contributed by atoms with E-state index in [1.165, 1.54) is 6.92 Å². The van der Waals surface area contributed by atoms with Gasteiger partial charge >= 0.3 is 12.1 Å². The van der Waals surface area contributed by atoms with Crippen LogP contribution < -0.4 is 5.32 Å². The van der Waals surface area contributed by atoms with Crippen molar-refractivity contribution >= 4 is 28.9 Å². The Morgan fingerprint density at radius 1 is 1.25 bits per heavy atom. The number of hydrogen-bond acceptors (Lipinski definition) is 5. The van der Waals surface area contributed by atoms with Crippen molar-refractivity contribution in [2.45, 2.75) is 57.8 Å². The third-order valence-electron chi connectivity index (χ3n) is 2.14. The number of rotatable bonds is 7. The normalized spacial score (nSPS) is 12.6. The molecule has 0 aromatic carbocycles. The first-order chi connectivity index (χ1) is 9.11. The fraction of sp³-hybridized carbons (Fsp3) is 0.769. The molecule has 20 heavy (non-hydrogen) atoms. The van der Waals surface area contributed by atoms with Crippen LogP contribution in [0.1, 0.15) is 47.0 Å². The number of unbranched alkanes of at least 4 members (excludes halogenated alkanes) is 1. The molecule has 1 unspecified atom stereocenters. The second kappa shape index (κ2) is 8.84. The zero-order valence-electron chi connectivity index (χ0n) is 12.4. The summed E-state index contributed by atoms with van der Waals surface area (Å²) in [6, 6.07) is 0. The van der Waals surface area contributed by atoms with Gasteiger partial charge in [-0.05, 0) is 40.0 Å². The number of carboxylic acids is 1. The zero-order valence-corrected chi connectivity index (χ0v) is 13.2. The summed E-state index contributed by atoms with van der Waals surface area (Å²) in [5, 5.41) is 10.6. The maximum Gasteiger partial charge on any atom is 0.407 e. The number of ether oxygens (including phenoxy) is 1. The third kappa shape index (κ3) is 10.7. The van der Waals surface area contributed by atoms with E-state index in [2.05, 4.69) is 5.32 Å². The molecule has 0 aliphatic heterocycles. The minimum absolute atomic E-state index is 0.204. The van der Waals surface area contributed by atoms with Crippen molar-refractivity contribution in [2.24, 2.45) is 0 Å². The molecular formula is C13H23NO5S. The highest BCUT2D eigenvalue weighted by molar-refractivity contribution is 8.14. The molecule has 0 aromatic rings. The quantitative estimate of drug-likeness (QED) is 0.702. The lowest BCUT2D eigenvalue weighted by Crippen LogP contribution is -2.33. The van der Waals surface area contributed by atoms with E-state index in [0.29, 0.717) is 25.8 Å². The van der Waals surface area contributed by atoms with E-state index >= 15 is 0 Å². The van der Waals surface area contributed by atoms with Crippen molar-refractivity contribution < 1.29 is 24.2 Å². The van der Waals surface area contributed by atoms with Crippen LogP contribution in [0.4, 0.5) is 4.79 Å². The molecular weight excluding hydrogens is 282 g/mol. The number of nitrogens with one attached hydrogen (secondary N) is 1. The standard InChI is InChI=1S/C13H23NO5S/c1-9(15)20-10(11(16)17)7-5-6-8-14-12(18)19-13(2,3)4/h10H,5-8H2,1-4H3,(H,14,18)(H,16,17). The highest BCUT2D eigenvalue weighted by Gasteiger charge is 2.20. The highest BCUT2D eigenvalue weighted by atomic mass is 32.2. The van der Waals surface area contributed by atoms with Crippen LogP contribution in [0, 0.1) is 0 Å². The summed E-state index contributed by atoms with van der Waals surface area (Å²) in [6.45, 7) is 7.12. The Bertz CT molecular complexity index is 351. The molecule has 6 nitrogen and oxygen atoms in total. The number of hydrogen-bond donors (Lipinski definition) is 2. The molecule has 116 valence electrons. The Morgan fingerprint density at radius 2 is 1.85 bits per heavy atom. The molecule has 7 heteroatoms. The Morgan fingerprint density at radius 3 is 2.30 bits per heavy atom. The molecule has 0 aliphatic rings. The summed E-state index contributed by atoms with van der Waals surface area (Å²) >= 11 is 0.829. The largest absolute Gasteiger partial charge is 0.480 e. The zero-order chi connectivity index (χ0) is 15.8. The molecule has 0 aromatic heterocycles. The van der Waals surface area contributed by atoms with Crippen LogP contribution in [0.5, 0.6) is 0 Å². The van der Waals surface area contributed by atoms with Crippen molar-refractivity contribution in [1.29, 1.82) is 0 Å². The summed E-state index contributed by atoms with van der Waals surface area (Å²) in [5.41, 5.74) is -0.531. The minimum atomic E-state index is -0.981. The van der Waals surface area contributed by atoms with Gasteiger partial charge in [0.2, 0.25) is 0 Å². The van der Waals surface area contributed by atoms with Gasteiger partial charge in [-0.3, -0.25) is 9.59 Å². The number of carboxylic acid groups (broad SMARTS) is 1. The lowest BCUT2D eigenvalue weighted by molar-refractivity contribution is -0.136. The summed E-state index contributed by atoms with van der Waals surface area (Å²) in [5.74, 6) is -0.981. The van der Waals surface area contributed by atoms with Gasteiger partial charge in [-0.1, -0.05) is 11.8 Å². The molecule has 0 heterocycles. The van der Waals surface area contributed by atoms with Crippen LogP contribution in [-0.2, 0) is 14.3 Å². The second-order valence-corrected chi connectivity index (χ2v) is 6.74. The van der Waals surface area contributed by atoms with Crippen LogP contribution in [0.25, 0.3) is 0 Å². The van der Waals surface area contributed by atoms with Gasteiger partial charge in [-0.2, -0.15) is 0 Å². The molecule has 0 rings (SSSR count). The average molecular weight is 305 g/mol. The van der Waals surface area contributed by atoms with Crippen LogP contribution in [0.2, 0.25) is 0 Å². The molecule has 1 amide bonds. The van der Waals surface area contributed by atoms with E-state index in [-0.39, 0.29) is 5.12 Å². The van der Waals surface area contributed by atoms with Crippen LogP contribution in [-0.4, -0.2) is 39.7 Å². The maximum atomic E-state index is 11.3. The fourth-order valence-corrected chi connectivity index (χ4v) is 2.18. The number of carbonyl (C=O) groups is 3. The molecule has 0 saturated carbocycles. The SMILES string of the molecule is CC(=O)SC(CCCCNC(=O)OC(C)(C)C)C(=O)O. The molecule has 0 bridgehead atoms. The summed E-state index contributed by atoms with van der Waals surface area (Å²) < 4.78 is 5.06. The van der Waals surface area contributed by atoms with Gasteiger partial charge in [0.05, 0.1) is 0 Å². The van der Waals surface area contributed by atoms with E-state index in [1.54, 1.807) is 20.8 Å². The summed E-state index contributed by atoms with van der Waals surface area (Å²) in [4.78, 5) is 33.1. The van der Waals surface area contributed by atoms with Gasteiger partial charge < -0.3 is 15.2 Å². The van der Waals surface area contributed by atoms with E-state index in [4.69, 9.17) is 9.84 Å². The molecule has 0 saturated heterocycles. The minimum Gasteiger partial charge on any atom is -0.480 e. The second-order valence-electron chi connectivity index (χ2n) is 5.36. The van der Waals surface area contributed by atoms with Crippen molar-refractivity contribution in [3.8, 4) is 0 Å². The monoisotopic (exact) mass is 305 g/mol. The van der Waals surface area contributed by atoms with Crippen LogP contribution in [0.15, 0.2) is 0 Å². The molecule has 1 atom stereocenters. The van der Waals surface area contributed by atoms with E-state index in [1.807, 2.05) is 0 Å². The highest BCUT2D eigenvalue weighted by Crippen LogP contribution is 2.18. The molecule has 0 radical (unpaired) electrons. The van der Waals surface area contributed by atoms with Gasteiger partial charge in [0.25, 0.3) is 0 Å². The van der Waals surface area contributed by atoms with E-state index in [9.17, 15) is 14.4 Å². The Hall–Kier alpha value is -1.24. The van der Waals surface area contributed by atoms with Crippen LogP contribution >= 0.6 is 11.8 Å². The number of alkyl carbamates (subject to hydrolysis) is 1. The number of amides is 1. The lowest BCUT2D eigenvalue weighted by Gasteiger charge is -2.19. The Balaban J connectivity index is 3.82. The first-order valence-electron chi connectivity index (χ1n) is 6.48. The molecule has 0 fully saturated rings. The smallest absolute Gasteiger partial charge is 0.407 e. The Kier molecular flexibility index (Phi) is 8.29. The van der Waals surface area contributed by atoms with Gasteiger partial charge in [0.15, 0.2) is 5.12 Å². The maximum absolute atomic E-state index is 11.3. The molecule has 0 spiro atoms. The molecule has 2 N–H and O–H groups in total. The number of thioether (sulfide) groups is 1. The van der Waals surface area contributed by atoms with Gasteiger partial charge in [-0.15, -0.1) is 0 Å². The number of carbonyl (C=O) groups excluding carboxylic acids is 2. The fourth-order valence-electron chi connectivity index (χ4n) is 1.39. The molecule has 0 aliphatic carbocycles. The van der Waals surface area contributed by atoms with Gasteiger partial charge in [0, 0.05) is 13.5 Å². The van der Waals surface area contributed by atoms with E-state index in [0.717, 1.165) is 11.8 Å². The van der Waals surface area contributed by atoms with E-state index < -0.39 is 22.9 Å². The topological polar surface area (TPSA) is 92.7 Å². The third-order valence-corrected chi connectivity index (χ3v) is 3.20. The predicted molar refractivity (Wildman–Crippen MR) is 77.8 cm³/mol. The van der Waals surface area contributed by atoms with Gasteiger partial charge in [-0.25, -0.2) is 4.79 Å². The first-order valence-corrected chi connectivity index (χ1v) is 7.36. The van der Waals surface area contributed by atoms with Crippen molar-refractivity contribution in [2.75, 3.05) is 6.54 Å². The Labute approximate surface area is 123 Å². The van der Waals surface area contributed by atoms with Crippen molar-refractivity contribution in [1.82, 2.24) is 5.32 Å².